The van der Waals surface area contributed by atoms with Gasteiger partial charge in [0.25, 0.3) is 0 Å². The van der Waals surface area contributed by atoms with E-state index >= 15 is 0 Å². The lowest BCUT2D eigenvalue weighted by Gasteiger charge is -2.27. The summed E-state index contributed by atoms with van der Waals surface area (Å²) in [5, 5.41) is 13.3. The maximum absolute atomic E-state index is 12.1. The summed E-state index contributed by atoms with van der Waals surface area (Å²) < 4.78 is 0. The van der Waals surface area contributed by atoms with Gasteiger partial charge >= 0.3 is 0 Å². The molecule has 4 N–H and O–H groups in total. The van der Waals surface area contributed by atoms with E-state index in [0.29, 0.717) is 13.0 Å². The highest BCUT2D eigenvalue weighted by molar-refractivity contribution is 5.81. The van der Waals surface area contributed by atoms with Crippen molar-refractivity contribution in [1.82, 2.24) is 5.32 Å². The molecule has 1 atom stereocenters. The van der Waals surface area contributed by atoms with Crippen LogP contribution in [0.25, 0.3) is 0 Å². The Labute approximate surface area is 126 Å². The molecule has 1 amide bonds. The smallest absolute Gasteiger partial charge is 0.237 e. The predicted octanol–water partition coefficient (Wildman–Crippen LogP) is 1.76. The van der Waals surface area contributed by atoms with Crippen LogP contribution in [0.1, 0.15) is 44.1 Å². The van der Waals surface area contributed by atoms with Gasteiger partial charge in [0.2, 0.25) is 5.91 Å². The number of carbonyl (C=O) groups excluding carboxylic acids is 1. The van der Waals surface area contributed by atoms with Gasteiger partial charge in [0, 0.05) is 6.54 Å². The fourth-order valence-corrected chi connectivity index (χ4v) is 2.91. The van der Waals surface area contributed by atoms with Crippen LogP contribution in [0.2, 0.25) is 0 Å². The van der Waals surface area contributed by atoms with Gasteiger partial charge in [-0.05, 0) is 24.8 Å². The van der Waals surface area contributed by atoms with Crippen molar-refractivity contribution in [3.05, 3.63) is 35.9 Å². The summed E-state index contributed by atoms with van der Waals surface area (Å²) >= 11 is 0. The Morgan fingerprint density at radius 3 is 2.43 bits per heavy atom. The average molecular weight is 290 g/mol. The fraction of sp³-hybridized carbons (Fsp3) is 0.588. The topological polar surface area (TPSA) is 75.4 Å². The fourth-order valence-electron chi connectivity index (χ4n) is 2.91. The lowest BCUT2D eigenvalue weighted by Crippen LogP contribution is -2.48. The summed E-state index contributed by atoms with van der Waals surface area (Å²) in [5.74, 6) is -0.184. The number of rotatable bonds is 5. The third-order valence-electron chi connectivity index (χ3n) is 4.26. The van der Waals surface area contributed by atoms with Crippen LogP contribution in [-0.4, -0.2) is 29.2 Å². The molecule has 0 bridgehead atoms. The van der Waals surface area contributed by atoms with E-state index < -0.39 is 11.6 Å². The number of amides is 1. The number of hydrogen-bond donors (Lipinski definition) is 3. The van der Waals surface area contributed by atoms with Crippen molar-refractivity contribution in [2.75, 3.05) is 6.54 Å². The Morgan fingerprint density at radius 2 is 1.81 bits per heavy atom. The zero-order valence-corrected chi connectivity index (χ0v) is 12.6. The van der Waals surface area contributed by atoms with Gasteiger partial charge in [-0.3, -0.25) is 4.79 Å². The second kappa shape index (κ2) is 7.57. The van der Waals surface area contributed by atoms with Crippen molar-refractivity contribution in [3.63, 3.8) is 0 Å². The highest BCUT2D eigenvalue weighted by Gasteiger charge is 2.29. The maximum Gasteiger partial charge on any atom is 0.237 e. The van der Waals surface area contributed by atoms with Gasteiger partial charge in [-0.2, -0.15) is 0 Å². The van der Waals surface area contributed by atoms with Gasteiger partial charge in [0.15, 0.2) is 0 Å². The van der Waals surface area contributed by atoms with Crippen LogP contribution in [0.4, 0.5) is 0 Å². The maximum atomic E-state index is 12.1. The van der Waals surface area contributed by atoms with Crippen LogP contribution in [0.15, 0.2) is 30.3 Å². The van der Waals surface area contributed by atoms with E-state index in [9.17, 15) is 9.90 Å². The molecule has 1 aliphatic rings. The number of carbonyl (C=O) groups is 1. The zero-order chi connectivity index (χ0) is 15.1. The van der Waals surface area contributed by atoms with E-state index in [1.54, 1.807) is 0 Å². The lowest BCUT2D eigenvalue weighted by atomic mass is 9.94. The highest BCUT2D eigenvalue weighted by atomic mass is 16.3. The van der Waals surface area contributed by atoms with E-state index in [-0.39, 0.29) is 5.91 Å². The molecular weight excluding hydrogens is 264 g/mol. The number of aliphatic hydroxyl groups is 1. The molecule has 1 saturated carbocycles. The summed E-state index contributed by atoms with van der Waals surface area (Å²) in [6, 6.07) is 9.18. The van der Waals surface area contributed by atoms with Gasteiger partial charge in [-0.25, -0.2) is 0 Å². The molecule has 4 nitrogen and oxygen atoms in total. The molecule has 1 fully saturated rings. The molecule has 1 aromatic carbocycles. The molecule has 116 valence electrons. The number of nitrogens with two attached hydrogens (primary N) is 1. The van der Waals surface area contributed by atoms with Crippen LogP contribution in [0, 0.1) is 0 Å². The van der Waals surface area contributed by atoms with Gasteiger partial charge < -0.3 is 16.2 Å². The van der Waals surface area contributed by atoms with E-state index in [4.69, 9.17) is 5.73 Å². The standard InChI is InChI=1S/C17H26N2O2/c18-15(12-14-8-4-3-5-9-14)16(20)19-13-17(21)10-6-1-2-7-11-17/h3-5,8-9,15,21H,1-2,6-7,10-13,18H2,(H,19,20). The molecule has 0 aliphatic heterocycles. The normalized spacial score (nSPS) is 19.5. The van der Waals surface area contributed by atoms with Crippen molar-refractivity contribution >= 4 is 5.91 Å². The number of hydrogen-bond acceptors (Lipinski definition) is 3. The summed E-state index contributed by atoms with van der Waals surface area (Å²) in [6.45, 7) is 0.314. The second-order valence-corrected chi connectivity index (χ2v) is 6.15. The third-order valence-corrected chi connectivity index (χ3v) is 4.26. The molecule has 0 saturated heterocycles. The summed E-state index contributed by atoms with van der Waals surface area (Å²) in [7, 11) is 0. The van der Waals surface area contributed by atoms with Crippen molar-refractivity contribution in [3.8, 4) is 0 Å². The quantitative estimate of drug-likeness (QED) is 0.723. The Hall–Kier alpha value is -1.39. The SMILES string of the molecule is NC(Cc1ccccc1)C(=O)NCC1(O)CCCCCC1. The van der Waals surface area contributed by atoms with Crippen molar-refractivity contribution < 1.29 is 9.90 Å². The molecule has 1 aliphatic carbocycles. The first kappa shape index (κ1) is 16.0. The first-order chi connectivity index (χ1) is 10.1. The van der Waals surface area contributed by atoms with Crippen LogP contribution in [0.3, 0.4) is 0 Å². The highest BCUT2D eigenvalue weighted by Crippen LogP contribution is 2.26. The molecule has 0 heterocycles. The number of benzene rings is 1. The molecule has 1 unspecified atom stereocenters. The molecule has 21 heavy (non-hydrogen) atoms. The van der Waals surface area contributed by atoms with E-state index in [1.165, 1.54) is 12.8 Å². The molecule has 2 rings (SSSR count). The van der Waals surface area contributed by atoms with Crippen LogP contribution in [-0.2, 0) is 11.2 Å². The van der Waals surface area contributed by atoms with E-state index in [1.807, 2.05) is 30.3 Å². The minimum Gasteiger partial charge on any atom is -0.388 e. The monoisotopic (exact) mass is 290 g/mol. The van der Waals surface area contributed by atoms with Gasteiger partial charge in [-0.1, -0.05) is 56.0 Å². The average Bonchev–Trinajstić information content (AvgIpc) is 2.71. The predicted molar refractivity (Wildman–Crippen MR) is 83.8 cm³/mol. The van der Waals surface area contributed by atoms with Gasteiger partial charge in [0.05, 0.1) is 11.6 Å². The summed E-state index contributed by atoms with van der Waals surface area (Å²) in [6.07, 6.45) is 6.45. The zero-order valence-electron chi connectivity index (χ0n) is 12.6. The van der Waals surface area contributed by atoms with Crippen molar-refractivity contribution in [1.29, 1.82) is 0 Å². The molecule has 0 radical (unpaired) electrons. The largest absolute Gasteiger partial charge is 0.388 e. The Kier molecular flexibility index (Phi) is 5.76. The Bertz CT molecular complexity index is 439. The van der Waals surface area contributed by atoms with Gasteiger partial charge in [0.1, 0.15) is 0 Å². The number of nitrogens with one attached hydrogen (secondary N) is 1. The van der Waals surface area contributed by atoms with E-state index in [0.717, 1.165) is 31.2 Å². The Balaban J connectivity index is 1.80. The summed E-state index contributed by atoms with van der Waals surface area (Å²) in [4.78, 5) is 12.1. The minimum absolute atomic E-state index is 0.184. The molecule has 0 aromatic heterocycles. The van der Waals surface area contributed by atoms with Crippen LogP contribution < -0.4 is 11.1 Å². The van der Waals surface area contributed by atoms with Crippen LogP contribution >= 0.6 is 0 Å². The lowest BCUT2D eigenvalue weighted by molar-refractivity contribution is -0.123. The van der Waals surface area contributed by atoms with E-state index in [2.05, 4.69) is 5.32 Å². The van der Waals surface area contributed by atoms with Crippen molar-refractivity contribution in [2.24, 2.45) is 5.73 Å². The first-order valence-electron chi connectivity index (χ1n) is 7.89. The second-order valence-electron chi connectivity index (χ2n) is 6.15. The third kappa shape index (κ3) is 5.14. The van der Waals surface area contributed by atoms with Crippen LogP contribution in [0.5, 0.6) is 0 Å². The summed E-state index contributed by atoms with van der Waals surface area (Å²) in [5.41, 5.74) is 6.24. The van der Waals surface area contributed by atoms with Crippen molar-refractivity contribution in [2.45, 2.75) is 56.6 Å². The molecule has 0 spiro atoms. The molecule has 4 heteroatoms. The molecule has 1 aromatic rings. The molecular formula is C17H26N2O2. The minimum atomic E-state index is -0.751. The first-order valence-corrected chi connectivity index (χ1v) is 7.89. The van der Waals surface area contributed by atoms with Gasteiger partial charge in [-0.15, -0.1) is 0 Å². The Morgan fingerprint density at radius 1 is 1.19 bits per heavy atom.